The van der Waals surface area contributed by atoms with Crippen LogP contribution in [0, 0.1) is 0 Å². The van der Waals surface area contributed by atoms with Crippen molar-refractivity contribution in [2.75, 3.05) is 0 Å². The fourth-order valence-electron chi connectivity index (χ4n) is 2.82. The molecule has 4 aromatic rings. The van der Waals surface area contributed by atoms with Crippen molar-refractivity contribution in [2.24, 2.45) is 0 Å². The largest absolute Gasteiger partial charge is 0.471 e. The van der Waals surface area contributed by atoms with Gasteiger partial charge in [0.1, 0.15) is 0 Å². The van der Waals surface area contributed by atoms with E-state index in [0.717, 1.165) is 20.9 Å². The molecule has 5 nitrogen and oxygen atoms in total. The molecule has 0 aliphatic carbocycles. The quantitative estimate of drug-likeness (QED) is 0.447. The van der Waals surface area contributed by atoms with Crippen LogP contribution in [0.1, 0.15) is 11.5 Å². The SMILES string of the molecule is O=c1ccc2ccc(Br)cc2n1Cc1ccc(-c2noc(C(F)(F)F)n2)cc1. The second-order valence-corrected chi connectivity index (χ2v) is 6.99. The van der Waals surface area contributed by atoms with Gasteiger partial charge in [0.2, 0.25) is 5.82 Å². The first-order valence-electron chi connectivity index (χ1n) is 8.10. The molecule has 0 N–H and O–H groups in total. The molecule has 0 aliphatic rings. The Morgan fingerprint density at radius 2 is 1.75 bits per heavy atom. The Hall–Kier alpha value is -2.94. The van der Waals surface area contributed by atoms with Gasteiger partial charge in [-0.3, -0.25) is 4.79 Å². The first-order chi connectivity index (χ1) is 13.3. The predicted molar refractivity (Wildman–Crippen MR) is 99.7 cm³/mol. The van der Waals surface area contributed by atoms with Gasteiger partial charge in [-0.1, -0.05) is 51.4 Å². The molecular weight excluding hydrogens is 439 g/mol. The molecule has 0 atom stereocenters. The number of alkyl halides is 3. The van der Waals surface area contributed by atoms with Crippen LogP contribution in [0.25, 0.3) is 22.3 Å². The summed E-state index contributed by atoms with van der Waals surface area (Å²) in [7, 11) is 0. The molecule has 0 saturated heterocycles. The van der Waals surface area contributed by atoms with E-state index in [0.29, 0.717) is 12.1 Å². The number of aromatic nitrogens is 3. The third kappa shape index (κ3) is 3.57. The number of nitrogens with zero attached hydrogens (tertiary/aromatic N) is 3. The van der Waals surface area contributed by atoms with Crippen molar-refractivity contribution in [3.05, 3.63) is 80.9 Å². The van der Waals surface area contributed by atoms with Crippen molar-refractivity contribution < 1.29 is 17.7 Å². The summed E-state index contributed by atoms with van der Waals surface area (Å²) in [5.41, 5.74) is 1.82. The van der Waals surface area contributed by atoms with E-state index >= 15 is 0 Å². The van der Waals surface area contributed by atoms with E-state index in [1.165, 1.54) is 6.07 Å². The molecule has 0 saturated carbocycles. The fraction of sp³-hybridized carbons (Fsp3) is 0.105. The fourth-order valence-corrected chi connectivity index (χ4v) is 3.17. The predicted octanol–water partition coefficient (Wildman–Crippen LogP) is 4.88. The van der Waals surface area contributed by atoms with Crippen molar-refractivity contribution in [3.63, 3.8) is 0 Å². The second kappa shape index (κ2) is 6.90. The lowest BCUT2D eigenvalue weighted by Crippen LogP contribution is -2.19. The van der Waals surface area contributed by atoms with E-state index in [4.69, 9.17) is 0 Å². The highest BCUT2D eigenvalue weighted by atomic mass is 79.9. The number of pyridine rings is 1. The third-order valence-electron chi connectivity index (χ3n) is 4.18. The van der Waals surface area contributed by atoms with Gasteiger partial charge in [-0.15, -0.1) is 0 Å². The van der Waals surface area contributed by atoms with Gasteiger partial charge < -0.3 is 9.09 Å². The minimum atomic E-state index is -4.69. The Kier molecular flexibility index (Phi) is 4.54. The first-order valence-corrected chi connectivity index (χ1v) is 8.90. The molecular formula is C19H11BrF3N3O2. The Bertz CT molecular complexity index is 1210. The van der Waals surface area contributed by atoms with E-state index in [2.05, 4.69) is 30.6 Å². The highest BCUT2D eigenvalue weighted by Gasteiger charge is 2.38. The lowest BCUT2D eigenvalue weighted by molar-refractivity contribution is -0.159. The van der Waals surface area contributed by atoms with Gasteiger partial charge in [0, 0.05) is 16.1 Å². The van der Waals surface area contributed by atoms with Crippen LogP contribution in [0.3, 0.4) is 0 Å². The summed E-state index contributed by atoms with van der Waals surface area (Å²) in [6, 6.07) is 15.5. The standard InChI is InChI=1S/C19H11BrF3N3O2/c20-14-7-5-12-6-8-16(27)26(15(12)9-14)10-11-1-3-13(4-2-11)17-24-18(28-25-17)19(21,22)23/h1-9H,10H2. The van der Waals surface area contributed by atoms with Crippen LogP contribution in [0.5, 0.6) is 0 Å². The zero-order chi connectivity index (χ0) is 19.9. The van der Waals surface area contributed by atoms with Crippen LogP contribution < -0.4 is 5.56 Å². The van der Waals surface area contributed by atoms with Gasteiger partial charge in [0.25, 0.3) is 5.56 Å². The number of benzene rings is 2. The molecule has 0 fully saturated rings. The van der Waals surface area contributed by atoms with Gasteiger partial charge >= 0.3 is 12.1 Å². The highest BCUT2D eigenvalue weighted by Crippen LogP contribution is 2.29. The number of hydrogen-bond acceptors (Lipinski definition) is 4. The molecule has 0 spiro atoms. The molecule has 28 heavy (non-hydrogen) atoms. The molecule has 0 unspecified atom stereocenters. The van der Waals surface area contributed by atoms with Crippen LogP contribution >= 0.6 is 15.9 Å². The zero-order valence-corrected chi connectivity index (χ0v) is 15.7. The molecule has 0 bridgehead atoms. The van der Waals surface area contributed by atoms with E-state index in [1.807, 2.05) is 18.2 Å². The Morgan fingerprint density at radius 1 is 1.04 bits per heavy atom. The summed E-state index contributed by atoms with van der Waals surface area (Å²) in [5.74, 6) is -1.54. The molecule has 2 aromatic heterocycles. The van der Waals surface area contributed by atoms with Crippen molar-refractivity contribution in [1.82, 2.24) is 14.7 Å². The smallest absolute Gasteiger partial charge is 0.329 e. The van der Waals surface area contributed by atoms with Crippen LogP contribution in [0.4, 0.5) is 13.2 Å². The molecule has 4 rings (SSSR count). The van der Waals surface area contributed by atoms with Gasteiger partial charge in [-0.05, 0) is 29.1 Å². The summed E-state index contributed by atoms with van der Waals surface area (Å²) in [4.78, 5) is 15.7. The molecule has 0 radical (unpaired) electrons. The average Bonchev–Trinajstić information content (AvgIpc) is 3.15. The van der Waals surface area contributed by atoms with Crippen LogP contribution in [0.2, 0.25) is 0 Å². The van der Waals surface area contributed by atoms with E-state index in [1.54, 1.807) is 34.9 Å². The summed E-state index contributed by atoms with van der Waals surface area (Å²) in [6.07, 6.45) is -4.69. The number of fused-ring (bicyclic) bond motifs is 1. The normalized spacial score (nSPS) is 11.9. The maximum atomic E-state index is 12.6. The molecule has 0 amide bonds. The third-order valence-corrected chi connectivity index (χ3v) is 4.67. The van der Waals surface area contributed by atoms with Gasteiger partial charge in [-0.25, -0.2) is 0 Å². The lowest BCUT2D eigenvalue weighted by Gasteiger charge is -2.11. The molecule has 2 aromatic carbocycles. The van der Waals surface area contributed by atoms with Crippen molar-refractivity contribution in [1.29, 1.82) is 0 Å². The molecule has 9 heteroatoms. The topological polar surface area (TPSA) is 60.9 Å². The van der Waals surface area contributed by atoms with Gasteiger partial charge in [0.05, 0.1) is 12.1 Å². The van der Waals surface area contributed by atoms with Crippen LogP contribution in [0.15, 0.2) is 68.4 Å². The van der Waals surface area contributed by atoms with E-state index < -0.39 is 12.1 Å². The Balaban J connectivity index is 1.65. The summed E-state index contributed by atoms with van der Waals surface area (Å²) < 4.78 is 44.5. The number of halogens is 4. The Morgan fingerprint density at radius 3 is 2.43 bits per heavy atom. The van der Waals surface area contributed by atoms with Crippen LogP contribution in [-0.2, 0) is 12.7 Å². The molecule has 2 heterocycles. The maximum absolute atomic E-state index is 12.6. The van der Waals surface area contributed by atoms with Gasteiger partial charge in [-0.2, -0.15) is 18.2 Å². The minimum Gasteiger partial charge on any atom is -0.329 e. The van der Waals surface area contributed by atoms with E-state index in [-0.39, 0.29) is 11.4 Å². The molecule has 142 valence electrons. The van der Waals surface area contributed by atoms with Crippen molar-refractivity contribution in [3.8, 4) is 11.4 Å². The summed E-state index contributed by atoms with van der Waals surface area (Å²) in [5, 5.41) is 4.29. The lowest BCUT2D eigenvalue weighted by atomic mass is 10.1. The zero-order valence-electron chi connectivity index (χ0n) is 14.1. The minimum absolute atomic E-state index is 0.148. The van der Waals surface area contributed by atoms with Gasteiger partial charge in [0.15, 0.2) is 0 Å². The van der Waals surface area contributed by atoms with E-state index in [9.17, 15) is 18.0 Å². The number of rotatable bonds is 3. The average molecular weight is 450 g/mol. The van der Waals surface area contributed by atoms with Crippen molar-refractivity contribution >= 4 is 26.8 Å². The Labute approximate surface area is 164 Å². The maximum Gasteiger partial charge on any atom is 0.471 e. The second-order valence-electron chi connectivity index (χ2n) is 6.08. The summed E-state index contributed by atoms with van der Waals surface area (Å²) >= 11 is 3.41. The first kappa shape index (κ1) is 18.4. The highest BCUT2D eigenvalue weighted by molar-refractivity contribution is 9.10. The number of hydrogen-bond donors (Lipinski definition) is 0. The van der Waals surface area contributed by atoms with Crippen molar-refractivity contribution in [2.45, 2.75) is 12.7 Å². The molecule has 0 aliphatic heterocycles. The monoisotopic (exact) mass is 449 g/mol. The summed E-state index contributed by atoms with van der Waals surface area (Å²) in [6.45, 7) is 0.312. The van der Waals surface area contributed by atoms with Crippen LogP contribution in [-0.4, -0.2) is 14.7 Å².